The molecule has 1 saturated heterocycles. The number of nitrogens with one attached hydrogen (secondary N) is 1. The van der Waals surface area contributed by atoms with Gasteiger partial charge in [-0.15, -0.1) is 0 Å². The van der Waals surface area contributed by atoms with E-state index >= 15 is 0 Å². The number of amides is 1. The van der Waals surface area contributed by atoms with Gasteiger partial charge in [0.2, 0.25) is 0 Å². The molecule has 0 spiro atoms. The molecule has 0 radical (unpaired) electrons. The van der Waals surface area contributed by atoms with E-state index in [1.54, 1.807) is 30.1 Å². The molecule has 1 aromatic heterocycles. The van der Waals surface area contributed by atoms with Crippen molar-refractivity contribution >= 4 is 17.5 Å². The number of aromatic nitrogens is 2. The second-order valence-electron chi connectivity index (χ2n) is 7.34. The molecule has 7 heteroatoms. The van der Waals surface area contributed by atoms with Gasteiger partial charge in [0.25, 0.3) is 5.91 Å². The van der Waals surface area contributed by atoms with Gasteiger partial charge in [-0.3, -0.25) is 9.69 Å². The van der Waals surface area contributed by atoms with Crippen LogP contribution in [0.15, 0.2) is 60.8 Å². The van der Waals surface area contributed by atoms with Crippen molar-refractivity contribution in [2.24, 2.45) is 0 Å². The largest absolute Gasteiger partial charge is 0.497 e. The van der Waals surface area contributed by atoms with Gasteiger partial charge in [-0.25, -0.2) is 4.68 Å². The minimum absolute atomic E-state index is 0.0946. The Labute approximate surface area is 181 Å². The molecule has 1 amide bonds. The summed E-state index contributed by atoms with van der Waals surface area (Å²) in [4.78, 5) is 15.2. The summed E-state index contributed by atoms with van der Waals surface area (Å²) in [5.41, 5.74) is 2.24. The normalized spacial score (nSPS) is 15.1. The maximum atomic E-state index is 12.8. The maximum Gasteiger partial charge on any atom is 0.271 e. The zero-order chi connectivity index (χ0) is 20.9. The fraction of sp³-hybridized carbons (Fsp3) is 0.304. The minimum atomic E-state index is -0.201. The highest BCUT2D eigenvalue weighted by Gasteiger charge is 2.25. The van der Waals surface area contributed by atoms with E-state index in [1.165, 1.54) is 12.8 Å². The summed E-state index contributed by atoms with van der Waals surface area (Å²) in [5.74, 6) is 0.620. The number of para-hydroxylation sites is 1. The summed E-state index contributed by atoms with van der Waals surface area (Å²) in [5, 5.41) is 8.05. The van der Waals surface area contributed by atoms with Crippen LogP contribution in [0, 0.1) is 0 Å². The molecule has 3 aromatic rings. The van der Waals surface area contributed by atoms with Crippen LogP contribution in [0.4, 0.5) is 0 Å². The third kappa shape index (κ3) is 4.50. The molecule has 6 nitrogen and oxygen atoms in total. The fourth-order valence-electron chi connectivity index (χ4n) is 3.86. The van der Waals surface area contributed by atoms with Crippen LogP contribution in [0.3, 0.4) is 0 Å². The predicted molar refractivity (Wildman–Crippen MR) is 117 cm³/mol. The summed E-state index contributed by atoms with van der Waals surface area (Å²) in [7, 11) is 1.67. The van der Waals surface area contributed by atoms with Crippen molar-refractivity contribution in [1.29, 1.82) is 0 Å². The summed E-state index contributed by atoms with van der Waals surface area (Å²) >= 11 is 6.24. The number of halogens is 1. The molecule has 1 N–H and O–H groups in total. The zero-order valence-electron chi connectivity index (χ0n) is 16.9. The van der Waals surface area contributed by atoms with E-state index in [9.17, 15) is 4.79 Å². The SMILES string of the molecule is COc1cccc(C(CNC(=O)c2ccn(-c3ccccc3Cl)n2)N2CCCC2)c1. The molecule has 1 unspecified atom stereocenters. The molecular formula is C23H25ClN4O2. The summed E-state index contributed by atoms with van der Waals surface area (Å²) in [6.07, 6.45) is 4.10. The molecule has 2 aromatic carbocycles. The first-order valence-electron chi connectivity index (χ1n) is 10.1. The Bertz CT molecular complexity index is 1010. The van der Waals surface area contributed by atoms with Crippen LogP contribution < -0.4 is 10.1 Å². The smallest absolute Gasteiger partial charge is 0.271 e. The van der Waals surface area contributed by atoms with Crippen molar-refractivity contribution in [3.63, 3.8) is 0 Å². The van der Waals surface area contributed by atoms with Crippen LogP contribution in [0.2, 0.25) is 5.02 Å². The van der Waals surface area contributed by atoms with Crippen molar-refractivity contribution in [1.82, 2.24) is 20.0 Å². The first-order valence-corrected chi connectivity index (χ1v) is 10.5. The first-order chi connectivity index (χ1) is 14.7. The molecule has 1 atom stereocenters. The van der Waals surface area contributed by atoms with E-state index < -0.39 is 0 Å². The lowest BCUT2D eigenvalue weighted by Gasteiger charge is -2.28. The Hall–Kier alpha value is -2.83. The van der Waals surface area contributed by atoms with Crippen LogP contribution in [0.25, 0.3) is 5.69 Å². The van der Waals surface area contributed by atoms with Gasteiger partial charge in [-0.1, -0.05) is 35.9 Å². The number of hydrogen-bond acceptors (Lipinski definition) is 4. The Morgan fingerprint density at radius 1 is 1.17 bits per heavy atom. The minimum Gasteiger partial charge on any atom is -0.497 e. The highest BCUT2D eigenvalue weighted by atomic mass is 35.5. The lowest BCUT2D eigenvalue weighted by Crippen LogP contribution is -2.37. The van der Waals surface area contributed by atoms with Gasteiger partial charge in [0, 0.05) is 12.7 Å². The molecule has 0 bridgehead atoms. The second kappa shape index (κ2) is 9.32. The number of benzene rings is 2. The van der Waals surface area contributed by atoms with Crippen LogP contribution in [-0.4, -0.2) is 47.3 Å². The number of ether oxygens (including phenoxy) is 1. The van der Waals surface area contributed by atoms with Crippen LogP contribution in [0.5, 0.6) is 5.75 Å². The summed E-state index contributed by atoms with van der Waals surface area (Å²) < 4.78 is 7.01. The van der Waals surface area contributed by atoms with Crippen molar-refractivity contribution in [3.8, 4) is 11.4 Å². The molecule has 0 saturated carbocycles. The number of hydrogen-bond donors (Lipinski definition) is 1. The number of carbonyl (C=O) groups is 1. The number of methoxy groups -OCH3 is 1. The Kier molecular flexibility index (Phi) is 6.35. The standard InChI is InChI=1S/C23H25ClN4O2/c1-30-18-8-6-7-17(15-18)22(27-12-4-5-13-27)16-25-23(29)20-11-14-28(26-20)21-10-3-2-9-19(21)24/h2-3,6-11,14-15,22H,4-5,12-13,16H2,1H3,(H,25,29). The average Bonchev–Trinajstić information content (AvgIpc) is 3.47. The van der Waals surface area contributed by atoms with E-state index in [4.69, 9.17) is 16.3 Å². The molecule has 156 valence electrons. The summed E-state index contributed by atoms with van der Waals surface area (Å²) in [6, 6.07) is 17.3. The van der Waals surface area contributed by atoms with Gasteiger partial charge in [-0.2, -0.15) is 5.10 Å². The number of likely N-dealkylation sites (tertiary alicyclic amines) is 1. The molecule has 2 heterocycles. The van der Waals surface area contributed by atoms with Crippen molar-refractivity contribution in [2.75, 3.05) is 26.7 Å². The highest BCUT2D eigenvalue weighted by Crippen LogP contribution is 2.27. The second-order valence-corrected chi connectivity index (χ2v) is 7.75. The monoisotopic (exact) mass is 424 g/mol. The molecule has 1 aliphatic heterocycles. The van der Waals surface area contributed by atoms with E-state index in [0.29, 0.717) is 17.3 Å². The summed E-state index contributed by atoms with van der Waals surface area (Å²) in [6.45, 7) is 2.56. The van der Waals surface area contributed by atoms with Gasteiger partial charge < -0.3 is 10.1 Å². The van der Waals surface area contributed by atoms with Crippen molar-refractivity contribution in [2.45, 2.75) is 18.9 Å². The Morgan fingerprint density at radius 3 is 2.73 bits per heavy atom. The van der Waals surface area contributed by atoms with Crippen LogP contribution in [-0.2, 0) is 0 Å². The molecular weight excluding hydrogens is 400 g/mol. The van der Waals surface area contributed by atoms with E-state index in [2.05, 4.69) is 21.4 Å². The molecule has 0 aliphatic carbocycles. The molecule has 4 rings (SSSR count). The molecule has 30 heavy (non-hydrogen) atoms. The lowest BCUT2D eigenvalue weighted by molar-refractivity contribution is 0.0932. The molecule has 1 fully saturated rings. The van der Waals surface area contributed by atoms with Gasteiger partial charge in [0.15, 0.2) is 5.69 Å². The third-order valence-corrected chi connectivity index (χ3v) is 5.76. The quantitative estimate of drug-likeness (QED) is 0.620. The topological polar surface area (TPSA) is 59.4 Å². The number of carbonyl (C=O) groups excluding carboxylic acids is 1. The van der Waals surface area contributed by atoms with Gasteiger partial charge >= 0.3 is 0 Å². The number of nitrogens with zero attached hydrogens (tertiary/aromatic N) is 3. The zero-order valence-corrected chi connectivity index (χ0v) is 17.7. The Morgan fingerprint density at radius 2 is 1.97 bits per heavy atom. The third-order valence-electron chi connectivity index (χ3n) is 5.44. The number of rotatable bonds is 7. The van der Waals surface area contributed by atoms with E-state index in [1.807, 2.05) is 36.4 Å². The van der Waals surface area contributed by atoms with Crippen LogP contribution >= 0.6 is 11.6 Å². The van der Waals surface area contributed by atoms with Crippen molar-refractivity contribution < 1.29 is 9.53 Å². The van der Waals surface area contributed by atoms with E-state index in [0.717, 1.165) is 30.1 Å². The highest BCUT2D eigenvalue weighted by molar-refractivity contribution is 6.32. The van der Waals surface area contributed by atoms with Gasteiger partial charge in [-0.05, 0) is 61.8 Å². The first kappa shape index (κ1) is 20.4. The van der Waals surface area contributed by atoms with Crippen molar-refractivity contribution in [3.05, 3.63) is 77.1 Å². The fourth-order valence-corrected chi connectivity index (χ4v) is 4.08. The van der Waals surface area contributed by atoms with Gasteiger partial charge in [0.1, 0.15) is 5.75 Å². The maximum absolute atomic E-state index is 12.8. The molecule has 1 aliphatic rings. The lowest BCUT2D eigenvalue weighted by atomic mass is 10.0. The van der Waals surface area contributed by atoms with E-state index in [-0.39, 0.29) is 11.9 Å². The van der Waals surface area contributed by atoms with Gasteiger partial charge in [0.05, 0.1) is 23.9 Å². The Balaban J connectivity index is 1.48. The average molecular weight is 425 g/mol. The predicted octanol–water partition coefficient (Wildman–Crippen LogP) is 4.10. The van der Waals surface area contributed by atoms with Crippen LogP contribution in [0.1, 0.15) is 34.9 Å².